The third-order valence-corrected chi connectivity index (χ3v) is 3.57. The second kappa shape index (κ2) is 7.56. The fraction of sp³-hybridized carbons (Fsp3) is 0.222. The van der Waals surface area contributed by atoms with Crippen LogP contribution in [0.5, 0.6) is 0 Å². The number of benzene rings is 2. The number of nitrogens with one attached hydrogen (secondary N) is 1. The van der Waals surface area contributed by atoms with E-state index in [1.54, 1.807) is 0 Å². The van der Waals surface area contributed by atoms with Crippen LogP contribution in [0.1, 0.15) is 24.0 Å². The van der Waals surface area contributed by atoms with Crippen LogP contribution in [-0.4, -0.2) is 34.2 Å². The fourth-order valence-corrected chi connectivity index (χ4v) is 2.41. The molecule has 5 heteroatoms. The monoisotopic (exact) mass is 313 g/mol. The standard InChI is InChI=1S/C18H19NO4/c1-12(20)16(18(22)23)19-17(21)15(13-8-4-2-5-9-13)14-10-6-3-7-11-14/h2-12,15-16,20H,1H3,(H,19,21)(H,22,23). The molecule has 0 saturated carbocycles. The number of aliphatic carboxylic acids is 1. The first-order valence-electron chi connectivity index (χ1n) is 7.32. The van der Waals surface area contributed by atoms with Crippen molar-refractivity contribution in [1.29, 1.82) is 0 Å². The lowest BCUT2D eigenvalue weighted by Gasteiger charge is -2.22. The summed E-state index contributed by atoms with van der Waals surface area (Å²) in [6.45, 7) is 1.33. The Kier molecular flexibility index (Phi) is 5.49. The average Bonchev–Trinajstić information content (AvgIpc) is 2.54. The molecule has 5 nitrogen and oxygen atoms in total. The Balaban J connectivity index is 2.34. The number of carboxylic acids is 1. The highest BCUT2D eigenvalue weighted by atomic mass is 16.4. The SMILES string of the molecule is CC(O)C(NC(=O)C(c1ccccc1)c1ccccc1)C(=O)O. The van der Waals surface area contributed by atoms with E-state index in [0.717, 1.165) is 11.1 Å². The van der Waals surface area contributed by atoms with Crippen LogP contribution in [0.15, 0.2) is 60.7 Å². The van der Waals surface area contributed by atoms with Crippen molar-refractivity contribution in [2.45, 2.75) is 25.0 Å². The molecule has 0 aromatic heterocycles. The average molecular weight is 313 g/mol. The topological polar surface area (TPSA) is 86.6 Å². The van der Waals surface area contributed by atoms with Crippen molar-refractivity contribution in [1.82, 2.24) is 5.32 Å². The fourth-order valence-electron chi connectivity index (χ4n) is 2.41. The van der Waals surface area contributed by atoms with Crippen molar-refractivity contribution >= 4 is 11.9 Å². The molecule has 3 N–H and O–H groups in total. The van der Waals surface area contributed by atoms with Gasteiger partial charge < -0.3 is 15.5 Å². The summed E-state index contributed by atoms with van der Waals surface area (Å²) in [4.78, 5) is 23.9. The molecule has 2 atom stereocenters. The summed E-state index contributed by atoms with van der Waals surface area (Å²) in [6.07, 6.45) is -1.19. The lowest BCUT2D eigenvalue weighted by Crippen LogP contribution is -2.49. The summed E-state index contributed by atoms with van der Waals surface area (Å²) in [5.74, 6) is -2.37. The Morgan fingerprint density at radius 3 is 1.70 bits per heavy atom. The lowest BCUT2D eigenvalue weighted by molar-refractivity contribution is -0.144. The van der Waals surface area contributed by atoms with Gasteiger partial charge in [-0.15, -0.1) is 0 Å². The number of carbonyl (C=O) groups is 2. The minimum absolute atomic E-state index is 0.462. The van der Waals surface area contributed by atoms with Crippen LogP contribution in [0.3, 0.4) is 0 Å². The first kappa shape index (κ1) is 16.7. The van der Waals surface area contributed by atoms with Crippen LogP contribution in [0.25, 0.3) is 0 Å². The van der Waals surface area contributed by atoms with Crippen LogP contribution in [-0.2, 0) is 9.59 Å². The van der Waals surface area contributed by atoms with Crippen molar-refractivity contribution in [3.63, 3.8) is 0 Å². The zero-order valence-electron chi connectivity index (χ0n) is 12.7. The third kappa shape index (κ3) is 4.17. The summed E-state index contributed by atoms with van der Waals surface area (Å²) in [6, 6.07) is 16.9. The number of carbonyl (C=O) groups excluding carboxylic acids is 1. The number of aliphatic hydroxyl groups is 1. The molecule has 0 fully saturated rings. The van der Waals surface area contributed by atoms with Crippen LogP contribution in [0, 0.1) is 0 Å². The largest absolute Gasteiger partial charge is 0.480 e. The Morgan fingerprint density at radius 2 is 1.35 bits per heavy atom. The van der Waals surface area contributed by atoms with Gasteiger partial charge >= 0.3 is 5.97 Å². The number of carboxylic acid groups (broad SMARTS) is 1. The van der Waals surface area contributed by atoms with E-state index in [0.29, 0.717) is 0 Å². The molecule has 0 spiro atoms. The first-order chi connectivity index (χ1) is 11.0. The molecule has 0 radical (unpaired) electrons. The summed E-state index contributed by atoms with van der Waals surface area (Å²) >= 11 is 0. The smallest absolute Gasteiger partial charge is 0.328 e. The molecule has 0 aliphatic heterocycles. The zero-order valence-corrected chi connectivity index (χ0v) is 12.7. The number of hydrogen-bond acceptors (Lipinski definition) is 3. The molecule has 2 unspecified atom stereocenters. The Morgan fingerprint density at radius 1 is 0.913 bits per heavy atom. The highest BCUT2D eigenvalue weighted by Gasteiger charge is 2.30. The van der Waals surface area contributed by atoms with Gasteiger partial charge in [0.1, 0.15) is 0 Å². The van der Waals surface area contributed by atoms with Gasteiger partial charge in [0.05, 0.1) is 12.0 Å². The lowest BCUT2D eigenvalue weighted by atomic mass is 9.90. The van der Waals surface area contributed by atoms with Crippen LogP contribution in [0.4, 0.5) is 0 Å². The number of rotatable bonds is 6. The van der Waals surface area contributed by atoms with E-state index in [4.69, 9.17) is 5.11 Å². The number of hydrogen-bond donors (Lipinski definition) is 3. The molecule has 2 rings (SSSR count). The highest BCUT2D eigenvalue weighted by Crippen LogP contribution is 2.25. The summed E-state index contributed by atoms with van der Waals surface area (Å²) in [7, 11) is 0. The van der Waals surface area contributed by atoms with Crippen molar-refractivity contribution in [3.05, 3.63) is 71.8 Å². The molecule has 0 saturated heterocycles. The first-order valence-corrected chi connectivity index (χ1v) is 7.32. The van der Waals surface area contributed by atoms with Gasteiger partial charge in [0, 0.05) is 0 Å². The summed E-state index contributed by atoms with van der Waals surface area (Å²) in [5, 5.41) is 21.1. The predicted octanol–water partition coefficient (Wildman–Crippen LogP) is 1.77. The van der Waals surface area contributed by atoms with Gasteiger partial charge in [0.15, 0.2) is 6.04 Å². The van der Waals surface area contributed by atoms with Gasteiger partial charge in [-0.05, 0) is 18.1 Å². The highest BCUT2D eigenvalue weighted by molar-refractivity contribution is 5.90. The minimum Gasteiger partial charge on any atom is -0.480 e. The molecule has 2 aromatic rings. The van der Waals surface area contributed by atoms with Crippen molar-refractivity contribution < 1.29 is 19.8 Å². The quantitative estimate of drug-likeness (QED) is 0.758. The van der Waals surface area contributed by atoms with Gasteiger partial charge in [-0.1, -0.05) is 60.7 Å². The molecular weight excluding hydrogens is 294 g/mol. The molecular formula is C18H19NO4. The molecule has 120 valence electrons. The zero-order chi connectivity index (χ0) is 16.8. The van der Waals surface area contributed by atoms with Crippen LogP contribution < -0.4 is 5.32 Å². The van der Waals surface area contributed by atoms with Gasteiger partial charge in [-0.2, -0.15) is 0 Å². The van der Waals surface area contributed by atoms with Gasteiger partial charge in [0.2, 0.25) is 5.91 Å². The minimum atomic E-state index is -1.35. The van der Waals surface area contributed by atoms with Crippen molar-refractivity contribution in [2.75, 3.05) is 0 Å². The van der Waals surface area contributed by atoms with Gasteiger partial charge in [0.25, 0.3) is 0 Å². The summed E-state index contributed by atoms with van der Waals surface area (Å²) < 4.78 is 0. The molecule has 0 aliphatic carbocycles. The van der Waals surface area contributed by atoms with Crippen LogP contribution >= 0.6 is 0 Å². The second-order valence-electron chi connectivity index (χ2n) is 5.32. The third-order valence-electron chi connectivity index (χ3n) is 3.57. The molecule has 0 bridgehead atoms. The maximum absolute atomic E-state index is 12.7. The van der Waals surface area contributed by atoms with E-state index in [9.17, 15) is 14.7 Å². The van der Waals surface area contributed by atoms with E-state index in [1.165, 1.54) is 6.92 Å². The molecule has 2 aromatic carbocycles. The Bertz CT molecular complexity index is 616. The maximum Gasteiger partial charge on any atom is 0.328 e. The van der Waals surface area contributed by atoms with E-state index in [1.807, 2.05) is 60.7 Å². The second-order valence-corrected chi connectivity index (χ2v) is 5.32. The predicted molar refractivity (Wildman–Crippen MR) is 86.0 cm³/mol. The van der Waals surface area contributed by atoms with Crippen molar-refractivity contribution in [3.8, 4) is 0 Å². The molecule has 23 heavy (non-hydrogen) atoms. The van der Waals surface area contributed by atoms with E-state index in [2.05, 4.69) is 5.32 Å². The summed E-state index contributed by atoms with van der Waals surface area (Å²) in [5.41, 5.74) is 1.51. The van der Waals surface area contributed by atoms with E-state index >= 15 is 0 Å². The maximum atomic E-state index is 12.7. The Hall–Kier alpha value is -2.66. The number of amides is 1. The van der Waals surface area contributed by atoms with Gasteiger partial charge in [-0.3, -0.25) is 4.79 Å². The van der Waals surface area contributed by atoms with Crippen LogP contribution in [0.2, 0.25) is 0 Å². The van der Waals surface area contributed by atoms with Gasteiger partial charge in [-0.25, -0.2) is 4.79 Å². The molecule has 0 aliphatic rings. The normalized spacial score (nSPS) is 13.3. The molecule has 1 amide bonds. The molecule has 0 heterocycles. The van der Waals surface area contributed by atoms with Crippen molar-refractivity contribution in [2.24, 2.45) is 0 Å². The number of aliphatic hydroxyl groups excluding tert-OH is 1. The van der Waals surface area contributed by atoms with E-state index < -0.39 is 29.9 Å². The Labute approximate surface area is 134 Å². The van der Waals surface area contributed by atoms with E-state index in [-0.39, 0.29) is 0 Å².